The number of nitrogens with two attached hydrogens (primary N) is 1. The largest absolute Gasteiger partial charge is 0.367 e. The van der Waals surface area contributed by atoms with Gasteiger partial charge in [-0.2, -0.15) is 0 Å². The van der Waals surface area contributed by atoms with E-state index in [0.29, 0.717) is 15.6 Å². The van der Waals surface area contributed by atoms with E-state index in [1.807, 2.05) is 0 Å². The van der Waals surface area contributed by atoms with E-state index in [1.54, 1.807) is 25.1 Å². The summed E-state index contributed by atoms with van der Waals surface area (Å²) in [6.45, 7) is 1.56. The normalized spacial score (nSPS) is 14.7. The van der Waals surface area contributed by atoms with E-state index >= 15 is 0 Å². The number of hydrogen-bond donors (Lipinski definition) is 1. The third-order valence-corrected chi connectivity index (χ3v) is 2.87. The number of benzene rings is 1. The molecule has 0 spiro atoms. The molecule has 1 aromatic rings. The van der Waals surface area contributed by atoms with E-state index in [2.05, 4.69) is 0 Å². The molecule has 82 valence electrons. The van der Waals surface area contributed by atoms with Gasteiger partial charge in [0.2, 0.25) is 0 Å². The Labute approximate surface area is 98.1 Å². The van der Waals surface area contributed by atoms with Crippen molar-refractivity contribution in [2.75, 3.05) is 7.11 Å². The molecule has 0 aliphatic rings. The van der Waals surface area contributed by atoms with Gasteiger partial charge in [-0.1, -0.05) is 29.3 Å². The summed E-state index contributed by atoms with van der Waals surface area (Å²) >= 11 is 11.7. The number of ether oxygens (including phenoxy) is 1. The number of carbonyl (C=O) groups is 1. The molecule has 1 unspecified atom stereocenters. The fraction of sp³-hybridized carbons (Fsp3) is 0.300. The highest BCUT2D eigenvalue weighted by atomic mass is 35.5. The fourth-order valence-electron chi connectivity index (χ4n) is 1.22. The molecule has 0 aromatic heterocycles. The van der Waals surface area contributed by atoms with E-state index in [4.69, 9.17) is 33.7 Å². The minimum absolute atomic E-state index is 0.352. The van der Waals surface area contributed by atoms with E-state index in [-0.39, 0.29) is 0 Å². The van der Waals surface area contributed by atoms with Crippen LogP contribution in [0.25, 0.3) is 0 Å². The van der Waals surface area contributed by atoms with Gasteiger partial charge in [0.1, 0.15) is 0 Å². The van der Waals surface area contributed by atoms with Gasteiger partial charge in [-0.05, 0) is 19.1 Å². The first-order valence-electron chi connectivity index (χ1n) is 4.22. The predicted octanol–water partition coefficient (Wildman–Crippen LogP) is 2.34. The molecule has 0 saturated heterocycles. The molecule has 0 fully saturated rings. The molecule has 0 aliphatic heterocycles. The van der Waals surface area contributed by atoms with Crippen LogP contribution in [0.4, 0.5) is 0 Å². The summed E-state index contributed by atoms with van der Waals surface area (Å²) in [6.07, 6.45) is 0. The smallest absolute Gasteiger partial charge is 0.254 e. The summed E-state index contributed by atoms with van der Waals surface area (Å²) in [4.78, 5) is 11.3. The molecule has 0 aliphatic carbocycles. The molecular formula is C10H11Cl2NO2. The first kappa shape index (κ1) is 12.3. The molecule has 3 nitrogen and oxygen atoms in total. The highest BCUT2D eigenvalue weighted by Crippen LogP contribution is 2.32. The Bertz CT molecular complexity index is 395. The quantitative estimate of drug-likeness (QED) is 0.892. The summed E-state index contributed by atoms with van der Waals surface area (Å²) in [7, 11) is 1.40. The molecular weight excluding hydrogens is 237 g/mol. The lowest BCUT2D eigenvalue weighted by Gasteiger charge is -2.25. The van der Waals surface area contributed by atoms with Crippen molar-refractivity contribution in [2.24, 2.45) is 5.73 Å². The second kappa shape index (κ2) is 4.39. The first-order valence-corrected chi connectivity index (χ1v) is 4.98. The van der Waals surface area contributed by atoms with Crippen LogP contribution in [0.1, 0.15) is 12.5 Å². The molecule has 1 amide bonds. The zero-order valence-electron chi connectivity index (χ0n) is 8.38. The third kappa shape index (κ3) is 2.25. The van der Waals surface area contributed by atoms with Crippen LogP contribution in [0, 0.1) is 0 Å². The molecule has 0 radical (unpaired) electrons. The Morgan fingerprint density at radius 1 is 1.47 bits per heavy atom. The molecule has 0 saturated carbocycles. The van der Waals surface area contributed by atoms with Gasteiger partial charge in [0.25, 0.3) is 5.91 Å². The van der Waals surface area contributed by atoms with Crippen molar-refractivity contribution in [1.82, 2.24) is 0 Å². The van der Waals surface area contributed by atoms with Gasteiger partial charge in [-0.25, -0.2) is 0 Å². The molecule has 5 heteroatoms. The van der Waals surface area contributed by atoms with Crippen LogP contribution in [0.5, 0.6) is 0 Å². The maximum atomic E-state index is 11.3. The monoisotopic (exact) mass is 247 g/mol. The maximum Gasteiger partial charge on any atom is 0.254 e. The summed E-state index contributed by atoms with van der Waals surface area (Å²) < 4.78 is 5.10. The van der Waals surface area contributed by atoms with Gasteiger partial charge in [0.05, 0.1) is 0 Å². The van der Waals surface area contributed by atoms with Gasteiger partial charge >= 0.3 is 0 Å². The van der Waals surface area contributed by atoms with Crippen molar-refractivity contribution in [3.8, 4) is 0 Å². The minimum Gasteiger partial charge on any atom is -0.367 e. The average Bonchev–Trinajstić information content (AvgIpc) is 2.16. The second-order valence-corrected chi connectivity index (χ2v) is 4.07. The van der Waals surface area contributed by atoms with Crippen LogP contribution >= 0.6 is 23.2 Å². The lowest BCUT2D eigenvalue weighted by Crippen LogP contribution is -2.40. The van der Waals surface area contributed by atoms with Crippen LogP contribution in [0.15, 0.2) is 18.2 Å². The van der Waals surface area contributed by atoms with Crippen LogP contribution in [0.3, 0.4) is 0 Å². The number of rotatable bonds is 3. The zero-order valence-corrected chi connectivity index (χ0v) is 9.89. The molecule has 0 heterocycles. The van der Waals surface area contributed by atoms with Gasteiger partial charge in [0.15, 0.2) is 5.60 Å². The lowest BCUT2D eigenvalue weighted by atomic mass is 9.95. The van der Waals surface area contributed by atoms with E-state index < -0.39 is 11.5 Å². The SMILES string of the molecule is COC(C)(C(N)=O)c1ccc(Cl)cc1Cl. The molecule has 1 rings (SSSR count). The highest BCUT2D eigenvalue weighted by molar-refractivity contribution is 6.35. The van der Waals surface area contributed by atoms with Crippen LogP contribution in [-0.2, 0) is 15.1 Å². The van der Waals surface area contributed by atoms with Crippen molar-refractivity contribution in [3.63, 3.8) is 0 Å². The highest BCUT2D eigenvalue weighted by Gasteiger charge is 2.34. The number of amides is 1. The Morgan fingerprint density at radius 2 is 2.07 bits per heavy atom. The molecule has 2 N–H and O–H groups in total. The van der Waals surface area contributed by atoms with Gasteiger partial charge in [-0.3, -0.25) is 4.79 Å². The van der Waals surface area contributed by atoms with E-state index in [1.165, 1.54) is 7.11 Å². The van der Waals surface area contributed by atoms with Crippen molar-refractivity contribution in [3.05, 3.63) is 33.8 Å². The number of primary amides is 1. The molecule has 1 aromatic carbocycles. The van der Waals surface area contributed by atoms with E-state index in [0.717, 1.165) is 0 Å². The van der Waals surface area contributed by atoms with Crippen molar-refractivity contribution in [2.45, 2.75) is 12.5 Å². The Kier molecular flexibility index (Phi) is 3.60. The molecule has 15 heavy (non-hydrogen) atoms. The van der Waals surface area contributed by atoms with Crippen LogP contribution in [-0.4, -0.2) is 13.0 Å². The van der Waals surface area contributed by atoms with E-state index in [9.17, 15) is 4.79 Å². The third-order valence-electron chi connectivity index (χ3n) is 2.32. The predicted molar refractivity (Wildman–Crippen MR) is 60.0 cm³/mol. The second-order valence-electron chi connectivity index (χ2n) is 3.23. The van der Waals surface area contributed by atoms with Gasteiger partial charge < -0.3 is 10.5 Å². The summed E-state index contributed by atoms with van der Waals surface area (Å²) in [5.41, 5.74) is 4.53. The number of halogens is 2. The Balaban J connectivity index is 3.30. The van der Waals surface area contributed by atoms with Crippen LogP contribution < -0.4 is 5.73 Å². The van der Waals surface area contributed by atoms with Crippen LogP contribution in [0.2, 0.25) is 10.0 Å². The maximum absolute atomic E-state index is 11.3. The summed E-state index contributed by atoms with van der Waals surface area (Å²) in [5, 5.41) is 0.845. The summed E-state index contributed by atoms with van der Waals surface area (Å²) in [5.74, 6) is -0.603. The topological polar surface area (TPSA) is 52.3 Å². The van der Waals surface area contributed by atoms with Gasteiger partial charge in [-0.15, -0.1) is 0 Å². The number of methoxy groups -OCH3 is 1. The standard InChI is InChI=1S/C10H11Cl2NO2/c1-10(15-2,9(13)14)7-4-3-6(11)5-8(7)12/h3-5H,1-2H3,(H2,13,14). The van der Waals surface area contributed by atoms with Crippen molar-refractivity contribution < 1.29 is 9.53 Å². The number of carbonyl (C=O) groups excluding carboxylic acids is 1. The zero-order chi connectivity index (χ0) is 11.6. The number of hydrogen-bond acceptors (Lipinski definition) is 2. The van der Waals surface area contributed by atoms with Crippen molar-refractivity contribution >= 4 is 29.1 Å². The Hall–Kier alpha value is -0.770. The van der Waals surface area contributed by atoms with Crippen molar-refractivity contribution in [1.29, 1.82) is 0 Å². The average molecular weight is 248 g/mol. The first-order chi connectivity index (χ1) is 6.91. The Morgan fingerprint density at radius 3 is 2.47 bits per heavy atom. The minimum atomic E-state index is -1.23. The molecule has 1 atom stereocenters. The molecule has 0 bridgehead atoms. The fourth-order valence-corrected chi connectivity index (χ4v) is 1.81. The lowest BCUT2D eigenvalue weighted by molar-refractivity contribution is -0.139. The summed E-state index contributed by atoms with van der Waals surface area (Å²) in [6, 6.07) is 4.79. The van der Waals surface area contributed by atoms with Gasteiger partial charge in [0, 0.05) is 22.7 Å².